The summed E-state index contributed by atoms with van der Waals surface area (Å²) >= 11 is 0. The minimum absolute atomic E-state index is 0.0318. The second kappa shape index (κ2) is 40.4. The molecule has 10 nitrogen and oxygen atoms in total. The van der Waals surface area contributed by atoms with E-state index in [4.69, 9.17) is 24.3 Å². The fourth-order valence-corrected chi connectivity index (χ4v) is 5.96. The summed E-state index contributed by atoms with van der Waals surface area (Å²) in [5.41, 5.74) is 5.33. The number of ether oxygens (including phenoxy) is 2. The van der Waals surface area contributed by atoms with Crippen LogP contribution in [-0.4, -0.2) is 60.5 Å². The van der Waals surface area contributed by atoms with Gasteiger partial charge in [-0.2, -0.15) is 0 Å². The van der Waals surface area contributed by atoms with E-state index >= 15 is 0 Å². The molecule has 0 aromatic heterocycles. The lowest BCUT2D eigenvalue weighted by molar-refractivity contribution is -0.161. The lowest BCUT2D eigenvalue weighted by Crippen LogP contribution is -2.29. The van der Waals surface area contributed by atoms with Gasteiger partial charge in [-0.15, -0.1) is 0 Å². The van der Waals surface area contributed by atoms with Crippen molar-refractivity contribution in [2.75, 3.05) is 26.4 Å². The van der Waals surface area contributed by atoms with E-state index in [-0.39, 0.29) is 32.6 Å². The molecule has 0 aromatic rings. The third-order valence-electron chi connectivity index (χ3n) is 8.29. The number of unbranched alkanes of at least 4 members (excludes halogenated alkanes) is 11. The lowest BCUT2D eigenvalue weighted by Gasteiger charge is -2.19. The van der Waals surface area contributed by atoms with E-state index < -0.39 is 38.6 Å². The molecule has 56 heavy (non-hydrogen) atoms. The van der Waals surface area contributed by atoms with Gasteiger partial charge >= 0.3 is 19.8 Å². The second-order valence-electron chi connectivity index (χ2n) is 13.8. The first-order chi connectivity index (χ1) is 27.2. The maximum absolute atomic E-state index is 12.5. The summed E-state index contributed by atoms with van der Waals surface area (Å²) in [4.78, 5) is 34.8. The maximum Gasteiger partial charge on any atom is 0.472 e. The molecule has 0 heterocycles. The van der Waals surface area contributed by atoms with E-state index in [1.807, 2.05) is 18.2 Å². The topological polar surface area (TPSA) is 155 Å². The number of nitrogens with two attached hydrogens (primary N) is 1. The highest BCUT2D eigenvalue weighted by Gasteiger charge is 2.25. The van der Waals surface area contributed by atoms with Crippen molar-refractivity contribution >= 4 is 19.8 Å². The first-order valence-electron chi connectivity index (χ1n) is 21.1. The van der Waals surface area contributed by atoms with E-state index in [2.05, 4.69) is 67.7 Å². The fraction of sp³-hybridized carbons (Fsp3) is 0.644. The third kappa shape index (κ3) is 40.8. The molecule has 4 N–H and O–H groups in total. The van der Waals surface area contributed by atoms with Crippen molar-refractivity contribution in [1.82, 2.24) is 0 Å². The van der Waals surface area contributed by atoms with Crippen LogP contribution in [0.4, 0.5) is 0 Å². The Labute approximate surface area is 339 Å². The fourth-order valence-electron chi connectivity index (χ4n) is 5.20. The minimum Gasteiger partial charge on any atom is -0.462 e. The quantitative estimate of drug-likeness (QED) is 0.0238. The Morgan fingerprint density at radius 1 is 0.607 bits per heavy atom. The molecule has 0 rings (SSSR count). The van der Waals surface area contributed by atoms with Crippen molar-refractivity contribution in [1.29, 1.82) is 0 Å². The molecule has 0 aromatic carbocycles. The van der Waals surface area contributed by atoms with Gasteiger partial charge in [-0.1, -0.05) is 143 Å². The van der Waals surface area contributed by atoms with Gasteiger partial charge in [-0.3, -0.25) is 18.6 Å². The molecule has 0 aliphatic rings. The highest BCUT2D eigenvalue weighted by molar-refractivity contribution is 7.47. The van der Waals surface area contributed by atoms with Crippen LogP contribution in [0.1, 0.15) is 149 Å². The first kappa shape index (κ1) is 53.1. The Bertz CT molecular complexity index is 1210. The van der Waals surface area contributed by atoms with Gasteiger partial charge in [0.15, 0.2) is 6.10 Å². The van der Waals surface area contributed by atoms with Crippen molar-refractivity contribution in [3.63, 3.8) is 0 Å². The van der Waals surface area contributed by atoms with Crippen LogP contribution in [0.5, 0.6) is 0 Å². The van der Waals surface area contributed by atoms with Crippen molar-refractivity contribution in [3.8, 4) is 0 Å². The van der Waals surface area contributed by atoms with Crippen molar-refractivity contribution < 1.29 is 42.7 Å². The van der Waals surface area contributed by atoms with Gasteiger partial charge in [-0.05, 0) is 77.6 Å². The van der Waals surface area contributed by atoms with E-state index in [0.29, 0.717) is 12.8 Å². The largest absolute Gasteiger partial charge is 0.472 e. The minimum atomic E-state index is -4.41. The van der Waals surface area contributed by atoms with Crippen LogP contribution in [-0.2, 0) is 32.7 Å². The average Bonchev–Trinajstić information content (AvgIpc) is 3.17. The van der Waals surface area contributed by atoms with Gasteiger partial charge in [0.25, 0.3) is 0 Å². The molecule has 0 saturated carbocycles. The standard InChI is InChI=1S/C45H76NO9P/c1-3-4-5-6-7-8-9-10-14-18-21-24-27-30-33-36-44(48)52-40-43(41-54-56(50,51)53-39-38-46)55-45(49)37-34-31-28-25-22-19-16-13-11-12-15-17-20-23-26-29-32-35-42(2)47/h10-11,13-15,17,19,22-23,26,28,31-32,35,42-43,47H,3-9,12,16,18,20-21,24-25,27,29-30,33-34,36-41,46H2,1-2H3,(H,50,51)/b13-11+,14-10-,17-15+,22-19+,26-23+,31-28+,35-32-. The number of aliphatic hydroxyl groups excluding tert-OH is 1. The van der Waals surface area contributed by atoms with Crippen molar-refractivity contribution in [2.45, 2.75) is 161 Å². The molecule has 0 bridgehead atoms. The summed E-state index contributed by atoms with van der Waals surface area (Å²) in [6, 6.07) is 0. The van der Waals surface area contributed by atoms with Crippen LogP contribution in [0.2, 0.25) is 0 Å². The number of rotatable bonds is 38. The Balaban J connectivity index is 4.34. The zero-order valence-electron chi connectivity index (χ0n) is 34.7. The molecule has 320 valence electrons. The Morgan fingerprint density at radius 3 is 1.62 bits per heavy atom. The van der Waals surface area contributed by atoms with Gasteiger partial charge in [-0.25, -0.2) is 4.57 Å². The number of aliphatic hydroxyl groups is 1. The molecule has 0 saturated heterocycles. The number of phosphoric acid groups is 1. The van der Waals surface area contributed by atoms with Crippen LogP contribution in [0.3, 0.4) is 0 Å². The molecule has 0 fully saturated rings. The third-order valence-corrected chi connectivity index (χ3v) is 9.27. The summed E-state index contributed by atoms with van der Waals surface area (Å²) in [7, 11) is -4.41. The molecule has 11 heteroatoms. The molecule has 0 radical (unpaired) electrons. The lowest BCUT2D eigenvalue weighted by atomic mass is 10.1. The summed E-state index contributed by atoms with van der Waals surface area (Å²) in [6.07, 6.45) is 47.7. The normalized spacial score (nSPS) is 14.7. The predicted molar refractivity (Wildman–Crippen MR) is 230 cm³/mol. The number of carbonyl (C=O) groups excluding carboxylic acids is 2. The summed E-state index contributed by atoms with van der Waals surface area (Å²) in [5, 5.41) is 9.17. The van der Waals surface area contributed by atoms with Crippen LogP contribution in [0, 0.1) is 0 Å². The van der Waals surface area contributed by atoms with E-state index in [0.717, 1.165) is 64.2 Å². The molecule has 3 atom stereocenters. The Hall–Kier alpha value is -2.85. The average molecular weight is 806 g/mol. The van der Waals surface area contributed by atoms with Crippen LogP contribution in [0.15, 0.2) is 85.1 Å². The number of carbonyl (C=O) groups is 2. The smallest absolute Gasteiger partial charge is 0.462 e. The highest BCUT2D eigenvalue weighted by Crippen LogP contribution is 2.43. The summed E-state index contributed by atoms with van der Waals surface area (Å²) < 4.78 is 32.6. The van der Waals surface area contributed by atoms with E-state index in [1.165, 1.54) is 44.9 Å². The van der Waals surface area contributed by atoms with Gasteiger partial charge < -0.3 is 25.2 Å². The van der Waals surface area contributed by atoms with Crippen molar-refractivity contribution in [3.05, 3.63) is 85.1 Å². The molecule has 0 spiro atoms. The molecule has 0 aliphatic carbocycles. The number of hydrogen-bond acceptors (Lipinski definition) is 9. The zero-order valence-corrected chi connectivity index (χ0v) is 35.6. The van der Waals surface area contributed by atoms with Gasteiger partial charge in [0.1, 0.15) is 6.61 Å². The highest BCUT2D eigenvalue weighted by atomic mass is 31.2. The van der Waals surface area contributed by atoms with Gasteiger partial charge in [0, 0.05) is 19.4 Å². The number of esters is 2. The molecule has 3 unspecified atom stereocenters. The SMILES string of the molecule is CCCCCCCC/C=C\CCCCCCCC(=O)OCC(COP(=O)(O)OCCN)OC(=O)CC/C=C/C/C=C/C/C=C/C/C=C/C/C=C/C/C=C\C(C)O. The zero-order chi connectivity index (χ0) is 41.2. The Kier molecular flexibility index (Phi) is 38.3. The monoisotopic (exact) mass is 806 g/mol. The number of allylic oxidation sites excluding steroid dienone is 13. The first-order valence-corrected chi connectivity index (χ1v) is 22.6. The van der Waals surface area contributed by atoms with Crippen molar-refractivity contribution in [2.24, 2.45) is 5.73 Å². The molecule has 0 aliphatic heterocycles. The molecule has 0 amide bonds. The summed E-state index contributed by atoms with van der Waals surface area (Å²) in [6.45, 7) is 3.07. The summed E-state index contributed by atoms with van der Waals surface area (Å²) in [5.74, 6) is -0.958. The van der Waals surface area contributed by atoms with E-state index in [9.17, 15) is 24.2 Å². The number of hydrogen-bond donors (Lipinski definition) is 3. The Morgan fingerprint density at radius 2 is 1.09 bits per heavy atom. The van der Waals surface area contributed by atoms with Crippen LogP contribution >= 0.6 is 7.82 Å². The van der Waals surface area contributed by atoms with E-state index in [1.54, 1.807) is 13.0 Å². The van der Waals surface area contributed by atoms with Gasteiger partial charge in [0.2, 0.25) is 0 Å². The number of phosphoric ester groups is 1. The van der Waals surface area contributed by atoms with Crippen LogP contribution < -0.4 is 5.73 Å². The second-order valence-corrected chi connectivity index (χ2v) is 15.2. The molecular weight excluding hydrogens is 729 g/mol. The maximum atomic E-state index is 12.5. The van der Waals surface area contributed by atoms with Gasteiger partial charge in [0.05, 0.1) is 19.3 Å². The predicted octanol–water partition coefficient (Wildman–Crippen LogP) is 11.0. The van der Waals surface area contributed by atoms with Crippen LogP contribution in [0.25, 0.3) is 0 Å². The molecular formula is C45H76NO9P.